The van der Waals surface area contributed by atoms with E-state index in [4.69, 9.17) is 4.74 Å². The van der Waals surface area contributed by atoms with E-state index < -0.39 is 5.97 Å². The van der Waals surface area contributed by atoms with Crippen molar-refractivity contribution >= 4 is 29.5 Å². The van der Waals surface area contributed by atoms with Crippen LogP contribution in [0.25, 0.3) is 0 Å². The van der Waals surface area contributed by atoms with Crippen LogP contribution < -0.4 is 10.6 Å². The number of nitrogens with one attached hydrogen (secondary N) is 2. The van der Waals surface area contributed by atoms with Gasteiger partial charge >= 0.3 is 5.97 Å². The molecule has 0 spiro atoms. The van der Waals surface area contributed by atoms with Crippen molar-refractivity contribution < 1.29 is 19.1 Å². The van der Waals surface area contributed by atoms with Crippen molar-refractivity contribution in [3.05, 3.63) is 65.2 Å². The molecule has 7 heteroatoms. The van der Waals surface area contributed by atoms with Crippen LogP contribution in [-0.2, 0) is 14.3 Å². The SMILES string of the molecule is Cc1ccccc1[C@H](C)NC(=O)COC(=O)c1ccccc1SCC(=O)NC(C)C. The smallest absolute Gasteiger partial charge is 0.339 e. The van der Waals surface area contributed by atoms with Gasteiger partial charge in [0, 0.05) is 10.9 Å². The molecule has 30 heavy (non-hydrogen) atoms. The monoisotopic (exact) mass is 428 g/mol. The maximum Gasteiger partial charge on any atom is 0.339 e. The van der Waals surface area contributed by atoms with Gasteiger partial charge in [-0.05, 0) is 51.0 Å². The van der Waals surface area contributed by atoms with E-state index in [1.807, 2.05) is 52.0 Å². The van der Waals surface area contributed by atoms with Crippen molar-refractivity contribution in [3.63, 3.8) is 0 Å². The summed E-state index contributed by atoms with van der Waals surface area (Å²) in [4.78, 5) is 37.2. The molecule has 1 atom stereocenters. The van der Waals surface area contributed by atoms with E-state index in [1.165, 1.54) is 11.8 Å². The van der Waals surface area contributed by atoms with Crippen LogP contribution >= 0.6 is 11.8 Å². The Balaban J connectivity index is 1.91. The lowest BCUT2D eigenvalue weighted by Crippen LogP contribution is -2.31. The first-order valence-corrected chi connectivity index (χ1v) is 10.8. The van der Waals surface area contributed by atoms with Gasteiger partial charge in [0.15, 0.2) is 6.61 Å². The Morgan fingerprint density at radius 3 is 2.30 bits per heavy atom. The number of thioether (sulfide) groups is 1. The minimum atomic E-state index is -0.596. The highest BCUT2D eigenvalue weighted by Crippen LogP contribution is 2.23. The molecule has 160 valence electrons. The number of hydrogen-bond acceptors (Lipinski definition) is 5. The molecule has 0 aliphatic carbocycles. The standard InChI is InChI=1S/C23H28N2O4S/c1-15(2)24-22(27)14-30-20-12-8-7-11-19(20)23(28)29-13-21(26)25-17(4)18-10-6-5-9-16(18)3/h5-12,15,17H,13-14H2,1-4H3,(H,24,27)(H,25,26)/t17-/m0/s1. The first-order chi connectivity index (χ1) is 14.3. The van der Waals surface area contributed by atoms with Crippen LogP contribution in [-0.4, -0.2) is 36.2 Å². The second kappa shape index (κ2) is 11.4. The molecule has 2 N–H and O–H groups in total. The number of carbonyl (C=O) groups is 3. The predicted octanol–water partition coefficient (Wildman–Crippen LogP) is 3.65. The van der Waals surface area contributed by atoms with Crippen LogP contribution in [0.1, 0.15) is 48.3 Å². The van der Waals surface area contributed by atoms with Crippen molar-refractivity contribution in [2.75, 3.05) is 12.4 Å². The maximum absolute atomic E-state index is 12.5. The molecule has 2 aromatic rings. The van der Waals surface area contributed by atoms with E-state index in [9.17, 15) is 14.4 Å². The third-order valence-electron chi connectivity index (χ3n) is 4.28. The lowest BCUT2D eigenvalue weighted by molar-refractivity contribution is -0.125. The van der Waals surface area contributed by atoms with Crippen LogP contribution in [0.5, 0.6) is 0 Å². The van der Waals surface area contributed by atoms with Crippen LogP contribution in [0.4, 0.5) is 0 Å². The highest BCUT2D eigenvalue weighted by Gasteiger charge is 2.17. The first-order valence-electron chi connectivity index (χ1n) is 9.81. The molecule has 0 unspecified atom stereocenters. The fraction of sp³-hybridized carbons (Fsp3) is 0.348. The van der Waals surface area contributed by atoms with Crippen LogP contribution in [0, 0.1) is 6.92 Å². The van der Waals surface area contributed by atoms with Gasteiger partial charge in [0.1, 0.15) is 0 Å². The number of carbonyl (C=O) groups excluding carboxylic acids is 3. The largest absolute Gasteiger partial charge is 0.452 e. The number of benzene rings is 2. The van der Waals surface area contributed by atoms with E-state index >= 15 is 0 Å². The van der Waals surface area contributed by atoms with Crippen LogP contribution in [0.15, 0.2) is 53.4 Å². The molecule has 0 saturated carbocycles. The molecule has 0 aliphatic heterocycles. The van der Waals surface area contributed by atoms with Gasteiger partial charge in [0.25, 0.3) is 5.91 Å². The maximum atomic E-state index is 12.5. The number of rotatable bonds is 9. The Bertz CT molecular complexity index is 898. The van der Waals surface area contributed by atoms with Crippen LogP contribution in [0.2, 0.25) is 0 Å². The summed E-state index contributed by atoms with van der Waals surface area (Å²) < 4.78 is 5.20. The molecule has 0 aromatic heterocycles. The van der Waals surface area contributed by atoms with Gasteiger partial charge < -0.3 is 15.4 Å². The zero-order valence-corrected chi connectivity index (χ0v) is 18.5. The number of esters is 1. The molecule has 6 nitrogen and oxygen atoms in total. The second-order valence-corrected chi connectivity index (χ2v) is 8.25. The van der Waals surface area contributed by atoms with E-state index in [1.54, 1.807) is 24.3 Å². The molecule has 0 fully saturated rings. The van der Waals surface area contributed by atoms with E-state index in [0.29, 0.717) is 10.5 Å². The fourth-order valence-electron chi connectivity index (χ4n) is 2.91. The van der Waals surface area contributed by atoms with Gasteiger partial charge in [-0.3, -0.25) is 9.59 Å². The minimum Gasteiger partial charge on any atom is -0.452 e. The average Bonchev–Trinajstić information content (AvgIpc) is 2.70. The molecule has 0 saturated heterocycles. The van der Waals surface area contributed by atoms with Crippen molar-refractivity contribution in [3.8, 4) is 0 Å². The highest BCUT2D eigenvalue weighted by molar-refractivity contribution is 8.00. The summed E-state index contributed by atoms with van der Waals surface area (Å²) in [5, 5.41) is 5.65. The van der Waals surface area contributed by atoms with Crippen molar-refractivity contribution in [1.29, 1.82) is 0 Å². The first kappa shape index (κ1) is 23.5. The summed E-state index contributed by atoms with van der Waals surface area (Å²) in [5.74, 6) is -0.888. The van der Waals surface area contributed by atoms with Gasteiger partial charge in [-0.15, -0.1) is 11.8 Å². The Morgan fingerprint density at radius 1 is 0.933 bits per heavy atom. The lowest BCUT2D eigenvalue weighted by atomic mass is 10.0. The van der Waals surface area contributed by atoms with Crippen molar-refractivity contribution in [1.82, 2.24) is 10.6 Å². The molecule has 0 aliphatic rings. The van der Waals surface area contributed by atoms with E-state index in [-0.39, 0.29) is 36.3 Å². The van der Waals surface area contributed by atoms with Crippen LogP contribution in [0.3, 0.4) is 0 Å². The van der Waals surface area contributed by atoms with Gasteiger partial charge in [-0.2, -0.15) is 0 Å². The van der Waals surface area contributed by atoms with Gasteiger partial charge in [0.2, 0.25) is 5.91 Å². The highest BCUT2D eigenvalue weighted by atomic mass is 32.2. The van der Waals surface area contributed by atoms with Gasteiger partial charge in [-0.25, -0.2) is 4.79 Å². The molecule has 2 aromatic carbocycles. The molecular formula is C23H28N2O4S. The number of hydrogen-bond donors (Lipinski definition) is 2. The molecule has 0 radical (unpaired) electrons. The summed E-state index contributed by atoms with van der Waals surface area (Å²) >= 11 is 1.26. The quantitative estimate of drug-likeness (QED) is 0.470. The summed E-state index contributed by atoms with van der Waals surface area (Å²) in [6, 6.07) is 14.5. The van der Waals surface area contributed by atoms with E-state index in [2.05, 4.69) is 10.6 Å². The second-order valence-electron chi connectivity index (χ2n) is 7.23. The molecule has 2 rings (SSSR count). The summed E-state index contributed by atoms with van der Waals surface area (Å²) in [6.45, 7) is 7.27. The molecular weight excluding hydrogens is 400 g/mol. The number of ether oxygens (including phenoxy) is 1. The molecule has 0 heterocycles. The Kier molecular flexibility index (Phi) is 8.92. The lowest BCUT2D eigenvalue weighted by Gasteiger charge is -2.16. The van der Waals surface area contributed by atoms with Gasteiger partial charge in [-0.1, -0.05) is 36.4 Å². The normalized spacial score (nSPS) is 11.6. The zero-order valence-electron chi connectivity index (χ0n) is 17.7. The average molecular weight is 429 g/mol. The minimum absolute atomic E-state index is 0.0545. The fourth-order valence-corrected chi connectivity index (χ4v) is 3.76. The Morgan fingerprint density at radius 2 is 1.60 bits per heavy atom. The predicted molar refractivity (Wildman–Crippen MR) is 118 cm³/mol. The summed E-state index contributed by atoms with van der Waals surface area (Å²) in [6.07, 6.45) is 0. The third-order valence-corrected chi connectivity index (χ3v) is 5.36. The Hall–Kier alpha value is -2.80. The molecule has 0 bridgehead atoms. The third kappa shape index (κ3) is 7.22. The number of aryl methyl sites for hydroxylation is 1. The van der Waals surface area contributed by atoms with E-state index in [0.717, 1.165) is 11.1 Å². The summed E-state index contributed by atoms with van der Waals surface area (Å²) in [7, 11) is 0. The zero-order chi connectivity index (χ0) is 22.1. The Labute approximate surface area is 181 Å². The molecule has 2 amide bonds. The van der Waals surface area contributed by atoms with Crippen molar-refractivity contribution in [2.24, 2.45) is 0 Å². The summed E-state index contributed by atoms with van der Waals surface area (Å²) in [5.41, 5.74) is 2.42. The van der Waals surface area contributed by atoms with Gasteiger partial charge in [0.05, 0.1) is 17.4 Å². The number of amides is 2. The topological polar surface area (TPSA) is 84.5 Å². The van der Waals surface area contributed by atoms with Crippen molar-refractivity contribution in [2.45, 2.75) is 44.7 Å².